The molecule has 0 spiro atoms. The maximum absolute atomic E-state index is 2.40. The lowest BCUT2D eigenvalue weighted by Crippen LogP contribution is -1.99. The van der Waals surface area contributed by atoms with E-state index in [0.717, 1.165) is 19.3 Å². The fourth-order valence-electron chi connectivity index (χ4n) is 3.13. The maximum Gasteiger partial charge on any atom is -0.0178 e. The van der Waals surface area contributed by atoms with Crippen LogP contribution >= 0.6 is 0 Å². The molecule has 0 heterocycles. The Labute approximate surface area is 130 Å². The normalized spacial score (nSPS) is 11.1. The minimum absolute atomic E-state index is 0.580. The Hall–Kier alpha value is -1.56. The molecule has 2 aromatic carbocycles. The summed E-state index contributed by atoms with van der Waals surface area (Å²) in [7, 11) is 0. The second kappa shape index (κ2) is 6.93. The van der Waals surface area contributed by atoms with E-state index >= 15 is 0 Å². The summed E-state index contributed by atoms with van der Waals surface area (Å²) < 4.78 is 0. The molecule has 0 aliphatic rings. The van der Waals surface area contributed by atoms with Crippen LogP contribution in [0.1, 0.15) is 62.8 Å². The van der Waals surface area contributed by atoms with E-state index < -0.39 is 0 Å². The largest absolute Gasteiger partial charge is 0.0614 e. The maximum atomic E-state index is 2.40. The van der Waals surface area contributed by atoms with E-state index in [4.69, 9.17) is 0 Å². The SMILES string of the molecule is CCc1cc(-c2cccc(C(C)C)c2)cc(CC)c1CC. The number of hydrogen-bond acceptors (Lipinski definition) is 0. The molecule has 0 bridgehead atoms. The first kappa shape index (κ1) is 15.8. The summed E-state index contributed by atoms with van der Waals surface area (Å²) in [5, 5.41) is 0. The highest BCUT2D eigenvalue weighted by Crippen LogP contribution is 2.29. The van der Waals surface area contributed by atoms with Crippen molar-refractivity contribution in [2.75, 3.05) is 0 Å². The quantitative estimate of drug-likeness (QED) is 0.615. The zero-order chi connectivity index (χ0) is 15.4. The second-order valence-electron chi connectivity index (χ2n) is 6.11. The molecule has 0 aromatic heterocycles. The molecule has 2 rings (SSSR count). The third-order valence-electron chi connectivity index (χ3n) is 4.44. The highest BCUT2D eigenvalue weighted by molar-refractivity contribution is 5.67. The van der Waals surface area contributed by atoms with Gasteiger partial charge in [0.15, 0.2) is 0 Å². The van der Waals surface area contributed by atoms with Gasteiger partial charge in [-0.3, -0.25) is 0 Å². The Morgan fingerprint density at radius 3 is 1.86 bits per heavy atom. The Morgan fingerprint density at radius 2 is 1.38 bits per heavy atom. The first-order valence-electron chi connectivity index (χ1n) is 8.35. The summed E-state index contributed by atoms with van der Waals surface area (Å²) in [5.74, 6) is 0.580. The Balaban J connectivity index is 2.56. The van der Waals surface area contributed by atoms with E-state index in [1.165, 1.54) is 27.8 Å². The molecule has 0 aliphatic carbocycles. The van der Waals surface area contributed by atoms with Crippen LogP contribution in [0.15, 0.2) is 36.4 Å². The van der Waals surface area contributed by atoms with Gasteiger partial charge in [-0.2, -0.15) is 0 Å². The molecule has 0 radical (unpaired) electrons. The van der Waals surface area contributed by atoms with Crippen molar-refractivity contribution in [1.82, 2.24) is 0 Å². The van der Waals surface area contributed by atoms with Crippen LogP contribution < -0.4 is 0 Å². The highest BCUT2D eigenvalue weighted by Gasteiger charge is 2.09. The van der Waals surface area contributed by atoms with Gasteiger partial charge in [0, 0.05) is 0 Å². The van der Waals surface area contributed by atoms with Gasteiger partial charge in [-0.05, 0) is 58.6 Å². The molecule has 0 aliphatic heterocycles. The summed E-state index contributed by atoms with van der Waals surface area (Å²) >= 11 is 0. The third-order valence-corrected chi connectivity index (χ3v) is 4.44. The van der Waals surface area contributed by atoms with Gasteiger partial charge in [0.05, 0.1) is 0 Å². The minimum Gasteiger partial charge on any atom is -0.0614 e. The number of aryl methyl sites for hydroxylation is 2. The summed E-state index contributed by atoms with van der Waals surface area (Å²) in [4.78, 5) is 0. The van der Waals surface area contributed by atoms with Crippen LogP contribution in [0.5, 0.6) is 0 Å². The fraction of sp³-hybridized carbons (Fsp3) is 0.429. The van der Waals surface area contributed by atoms with E-state index in [9.17, 15) is 0 Å². The van der Waals surface area contributed by atoms with Crippen molar-refractivity contribution in [3.8, 4) is 11.1 Å². The molecule has 21 heavy (non-hydrogen) atoms. The van der Waals surface area contributed by atoms with Gasteiger partial charge in [-0.1, -0.05) is 71.0 Å². The highest BCUT2D eigenvalue weighted by atomic mass is 14.1. The zero-order valence-corrected chi connectivity index (χ0v) is 14.2. The van der Waals surface area contributed by atoms with Gasteiger partial charge in [0.2, 0.25) is 0 Å². The molecular weight excluding hydrogens is 252 g/mol. The molecule has 0 nitrogen and oxygen atoms in total. The molecule has 2 aromatic rings. The van der Waals surface area contributed by atoms with Crippen molar-refractivity contribution >= 4 is 0 Å². The van der Waals surface area contributed by atoms with Crippen LogP contribution in [0.4, 0.5) is 0 Å². The van der Waals surface area contributed by atoms with Gasteiger partial charge in [0.25, 0.3) is 0 Å². The summed E-state index contributed by atoms with van der Waals surface area (Å²) in [6.07, 6.45) is 3.38. The molecule has 0 fully saturated rings. The molecular formula is C21H28. The van der Waals surface area contributed by atoms with Crippen molar-refractivity contribution in [2.24, 2.45) is 0 Å². The fourth-order valence-corrected chi connectivity index (χ4v) is 3.13. The first-order valence-corrected chi connectivity index (χ1v) is 8.35. The van der Waals surface area contributed by atoms with Gasteiger partial charge in [-0.15, -0.1) is 0 Å². The molecule has 0 heteroatoms. The Kier molecular flexibility index (Phi) is 5.22. The molecule has 0 saturated carbocycles. The monoisotopic (exact) mass is 280 g/mol. The molecule has 0 atom stereocenters. The van der Waals surface area contributed by atoms with Gasteiger partial charge < -0.3 is 0 Å². The van der Waals surface area contributed by atoms with E-state index in [-0.39, 0.29) is 0 Å². The lowest BCUT2D eigenvalue weighted by Gasteiger charge is -2.16. The van der Waals surface area contributed by atoms with Gasteiger partial charge in [-0.25, -0.2) is 0 Å². The Morgan fingerprint density at radius 1 is 0.762 bits per heavy atom. The standard InChI is InChI=1S/C21H28/c1-6-16-12-20(13-17(7-2)21(16)8-3)19-11-9-10-18(14-19)15(4)5/h9-15H,6-8H2,1-5H3. The van der Waals surface area contributed by atoms with Crippen LogP contribution in [0.3, 0.4) is 0 Å². The molecule has 0 saturated heterocycles. The van der Waals surface area contributed by atoms with Crippen LogP contribution in [0, 0.1) is 0 Å². The predicted octanol–water partition coefficient (Wildman–Crippen LogP) is 6.16. The molecule has 0 unspecified atom stereocenters. The van der Waals surface area contributed by atoms with Crippen molar-refractivity contribution < 1.29 is 0 Å². The van der Waals surface area contributed by atoms with E-state index in [1.807, 2.05) is 0 Å². The van der Waals surface area contributed by atoms with E-state index in [0.29, 0.717) is 5.92 Å². The van der Waals surface area contributed by atoms with E-state index in [1.54, 1.807) is 5.56 Å². The smallest absolute Gasteiger partial charge is 0.0178 e. The number of benzene rings is 2. The zero-order valence-electron chi connectivity index (χ0n) is 14.2. The lowest BCUT2D eigenvalue weighted by molar-refractivity contribution is 0.867. The summed E-state index contributed by atoms with van der Waals surface area (Å²) in [5.41, 5.74) is 8.74. The van der Waals surface area contributed by atoms with Crippen LogP contribution in [-0.4, -0.2) is 0 Å². The average molecular weight is 280 g/mol. The van der Waals surface area contributed by atoms with Crippen LogP contribution in [-0.2, 0) is 19.3 Å². The van der Waals surface area contributed by atoms with Crippen molar-refractivity contribution in [3.63, 3.8) is 0 Å². The topological polar surface area (TPSA) is 0 Å². The van der Waals surface area contributed by atoms with Crippen LogP contribution in [0.25, 0.3) is 11.1 Å². The summed E-state index contributed by atoms with van der Waals surface area (Å²) in [6, 6.07) is 13.8. The van der Waals surface area contributed by atoms with Crippen LogP contribution in [0.2, 0.25) is 0 Å². The first-order chi connectivity index (χ1) is 10.1. The Bertz CT molecular complexity index is 580. The van der Waals surface area contributed by atoms with Gasteiger partial charge >= 0.3 is 0 Å². The minimum atomic E-state index is 0.580. The van der Waals surface area contributed by atoms with E-state index in [2.05, 4.69) is 71.0 Å². The average Bonchev–Trinajstić information content (AvgIpc) is 2.53. The van der Waals surface area contributed by atoms with Crippen molar-refractivity contribution in [1.29, 1.82) is 0 Å². The second-order valence-corrected chi connectivity index (χ2v) is 6.11. The van der Waals surface area contributed by atoms with Gasteiger partial charge in [0.1, 0.15) is 0 Å². The lowest BCUT2D eigenvalue weighted by atomic mass is 9.89. The van der Waals surface area contributed by atoms with Crippen molar-refractivity contribution in [2.45, 2.75) is 59.8 Å². The number of rotatable bonds is 5. The number of hydrogen-bond donors (Lipinski definition) is 0. The van der Waals surface area contributed by atoms with Crippen molar-refractivity contribution in [3.05, 3.63) is 58.7 Å². The third kappa shape index (κ3) is 3.37. The summed E-state index contributed by atoms with van der Waals surface area (Å²) in [6.45, 7) is 11.3. The molecule has 0 N–H and O–H groups in total. The predicted molar refractivity (Wildman–Crippen MR) is 94.1 cm³/mol. The molecule has 0 amide bonds. The molecule has 112 valence electrons.